The van der Waals surface area contributed by atoms with Crippen molar-refractivity contribution >= 4 is 52.2 Å². The molecule has 1 aliphatic rings. The van der Waals surface area contributed by atoms with E-state index in [0.717, 1.165) is 24.3 Å². The van der Waals surface area contributed by atoms with Crippen LogP contribution in [0.25, 0.3) is 0 Å². The normalized spacial score (nSPS) is 18.9. The Hall–Kier alpha value is -1.97. The predicted molar refractivity (Wildman–Crippen MR) is 121 cm³/mol. The fraction of sp³-hybridized carbons (Fsp3) is 0.391. The molecule has 0 aliphatic carbocycles. The highest BCUT2D eigenvalue weighted by Crippen LogP contribution is 2.51. The Balaban J connectivity index is 2.06. The molecule has 3 rings (SSSR count). The molecule has 1 aliphatic heterocycles. The zero-order chi connectivity index (χ0) is 26.3. The van der Waals surface area contributed by atoms with Crippen LogP contribution < -0.4 is 4.90 Å². The number of anilines is 1. The van der Waals surface area contributed by atoms with E-state index in [0.29, 0.717) is 11.0 Å². The molecule has 0 N–H and O–H groups in total. The van der Waals surface area contributed by atoms with Crippen molar-refractivity contribution in [2.24, 2.45) is 0 Å². The second-order valence-corrected chi connectivity index (χ2v) is 9.41. The summed E-state index contributed by atoms with van der Waals surface area (Å²) in [4.78, 5) is 25.0. The molecule has 0 bridgehead atoms. The summed E-state index contributed by atoms with van der Waals surface area (Å²) in [5.41, 5.74) is -4.84. The van der Waals surface area contributed by atoms with Crippen molar-refractivity contribution in [3.8, 4) is 0 Å². The third kappa shape index (κ3) is 5.42. The van der Waals surface area contributed by atoms with Crippen molar-refractivity contribution in [2.45, 2.75) is 50.4 Å². The second-order valence-electron chi connectivity index (χ2n) is 8.22. The number of alkyl halides is 6. The number of halogens is 9. The summed E-state index contributed by atoms with van der Waals surface area (Å²) in [6.07, 6.45) is -11.0. The van der Waals surface area contributed by atoms with E-state index in [1.54, 1.807) is 6.92 Å². The number of aryl methyl sites for hydroxylation is 1. The lowest BCUT2D eigenvalue weighted by Crippen LogP contribution is -2.45. The summed E-state index contributed by atoms with van der Waals surface area (Å²) in [6, 6.07) is 4.77. The number of amides is 1. The Labute approximate surface area is 211 Å². The average Bonchev–Trinajstić information content (AvgIpc) is 3.13. The minimum atomic E-state index is -4.97. The van der Waals surface area contributed by atoms with Crippen LogP contribution in [0.5, 0.6) is 0 Å². The van der Waals surface area contributed by atoms with Crippen LogP contribution in [-0.4, -0.2) is 24.4 Å². The molecule has 1 saturated heterocycles. The first-order chi connectivity index (χ1) is 16.1. The largest absolute Gasteiger partial charge is 0.416 e. The third-order valence-corrected chi connectivity index (χ3v) is 7.24. The van der Waals surface area contributed by atoms with E-state index in [2.05, 4.69) is 0 Å². The summed E-state index contributed by atoms with van der Waals surface area (Å²) in [6.45, 7) is 0.609. The van der Waals surface area contributed by atoms with Crippen LogP contribution >= 0.6 is 34.8 Å². The van der Waals surface area contributed by atoms with Crippen molar-refractivity contribution in [3.63, 3.8) is 0 Å². The number of carbonyl (C=O) groups excluding carboxylic acids is 2. The van der Waals surface area contributed by atoms with Crippen molar-refractivity contribution < 1.29 is 35.9 Å². The highest BCUT2D eigenvalue weighted by Gasteiger charge is 2.62. The first-order valence-electron chi connectivity index (χ1n) is 10.3. The van der Waals surface area contributed by atoms with Gasteiger partial charge in [-0.05, 0) is 41.8 Å². The first-order valence-corrected chi connectivity index (χ1v) is 11.5. The Morgan fingerprint density at radius 1 is 1.03 bits per heavy atom. The molecule has 0 radical (unpaired) electrons. The van der Waals surface area contributed by atoms with Gasteiger partial charge in [0, 0.05) is 31.5 Å². The standard InChI is InChI=1S/C23H18Cl3F6NO2/c1-2-15(34)6-4-12-3-5-14(9-16(12)22(27,28)29)33-11-21(10-19(33)35,23(30,31)32)13-7-17(24)20(26)18(25)8-13/h3,5,7-9H,2,4,6,10-11H2,1H3. The monoisotopic (exact) mass is 559 g/mol. The molecule has 1 heterocycles. The number of carbonyl (C=O) groups is 2. The summed E-state index contributed by atoms with van der Waals surface area (Å²) >= 11 is 17.7. The van der Waals surface area contributed by atoms with Crippen LogP contribution in [0.1, 0.15) is 42.9 Å². The number of Topliss-reactive ketones (excluding diaryl/α,β-unsaturated/α-hetero) is 1. The lowest BCUT2D eigenvalue weighted by molar-refractivity contribution is -0.185. The minimum Gasteiger partial charge on any atom is -0.311 e. The Morgan fingerprint density at radius 3 is 2.14 bits per heavy atom. The molecule has 35 heavy (non-hydrogen) atoms. The average molecular weight is 561 g/mol. The fourth-order valence-electron chi connectivity index (χ4n) is 4.05. The molecular weight excluding hydrogens is 543 g/mol. The van der Waals surface area contributed by atoms with Crippen molar-refractivity contribution in [1.82, 2.24) is 0 Å². The summed E-state index contributed by atoms with van der Waals surface area (Å²) in [5.74, 6) is -1.25. The maximum absolute atomic E-state index is 14.4. The van der Waals surface area contributed by atoms with Crippen LogP contribution in [0, 0.1) is 0 Å². The SMILES string of the molecule is CCC(=O)CCc1ccc(N2CC(c3cc(Cl)c(Cl)c(Cl)c3)(C(F)(F)F)CC2=O)cc1C(F)(F)F. The van der Waals surface area contributed by atoms with E-state index in [-0.39, 0.29) is 51.4 Å². The number of ketones is 1. The highest BCUT2D eigenvalue weighted by atomic mass is 35.5. The molecule has 0 saturated carbocycles. The smallest absolute Gasteiger partial charge is 0.311 e. The Bertz CT molecular complexity index is 1140. The highest BCUT2D eigenvalue weighted by molar-refractivity contribution is 6.48. The van der Waals surface area contributed by atoms with Gasteiger partial charge in [-0.25, -0.2) is 0 Å². The van der Waals surface area contributed by atoms with E-state index in [4.69, 9.17) is 34.8 Å². The summed E-state index contributed by atoms with van der Waals surface area (Å²) < 4.78 is 84.3. The van der Waals surface area contributed by atoms with Gasteiger partial charge in [-0.2, -0.15) is 26.3 Å². The van der Waals surface area contributed by atoms with Crippen LogP contribution in [0.4, 0.5) is 32.0 Å². The van der Waals surface area contributed by atoms with Crippen molar-refractivity contribution in [1.29, 1.82) is 0 Å². The molecule has 0 aromatic heterocycles. The van der Waals surface area contributed by atoms with E-state index in [1.807, 2.05) is 0 Å². The molecule has 3 nitrogen and oxygen atoms in total. The molecule has 1 unspecified atom stereocenters. The van der Waals surface area contributed by atoms with Gasteiger partial charge in [0.1, 0.15) is 11.2 Å². The lowest BCUT2D eigenvalue weighted by Gasteiger charge is -2.32. The zero-order valence-corrected chi connectivity index (χ0v) is 20.4. The van der Waals surface area contributed by atoms with Crippen LogP contribution in [0.3, 0.4) is 0 Å². The maximum Gasteiger partial charge on any atom is 0.416 e. The fourth-order valence-corrected chi connectivity index (χ4v) is 4.64. The second kappa shape index (κ2) is 9.82. The van der Waals surface area contributed by atoms with E-state index in [9.17, 15) is 35.9 Å². The Morgan fingerprint density at radius 2 is 1.63 bits per heavy atom. The quantitative estimate of drug-likeness (QED) is 0.267. The number of hydrogen-bond acceptors (Lipinski definition) is 2. The predicted octanol–water partition coefficient (Wildman–Crippen LogP) is 7.81. The maximum atomic E-state index is 14.4. The van der Waals surface area contributed by atoms with Gasteiger partial charge in [0.25, 0.3) is 0 Å². The topological polar surface area (TPSA) is 37.4 Å². The lowest BCUT2D eigenvalue weighted by atomic mass is 9.78. The molecular formula is C23H18Cl3F6NO2. The van der Waals surface area contributed by atoms with E-state index in [1.165, 1.54) is 0 Å². The van der Waals surface area contributed by atoms with Gasteiger partial charge in [0.15, 0.2) is 0 Å². The third-order valence-electron chi connectivity index (χ3n) is 6.04. The number of rotatable bonds is 6. The number of nitrogens with zero attached hydrogens (tertiary/aromatic N) is 1. The van der Waals surface area contributed by atoms with Gasteiger partial charge < -0.3 is 4.90 Å². The zero-order valence-electron chi connectivity index (χ0n) is 18.1. The minimum absolute atomic E-state index is 0.114. The number of benzene rings is 2. The molecule has 2 aromatic rings. The molecule has 190 valence electrons. The molecule has 1 fully saturated rings. The van der Waals surface area contributed by atoms with Crippen LogP contribution in [0.15, 0.2) is 30.3 Å². The molecule has 12 heteroatoms. The van der Waals surface area contributed by atoms with Gasteiger partial charge in [-0.15, -0.1) is 0 Å². The molecule has 0 spiro atoms. The van der Waals surface area contributed by atoms with E-state index < -0.39 is 47.8 Å². The summed E-state index contributed by atoms with van der Waals surface area (Å²) in [5, 5.41) is -0.675. The van der Waals surface area contributed by atoms with Gasteiger partial charge in [0.2, 0.25) is 5.91 Å². The van der Waals surface area contributed by atoms with Crippen molar-refractivity contribution in [2.75, 3.05) is 11.4 Å². The molecule has 1 amide bonds. The van der Waals surface area contributed by atoms with Crippen LogP contribution in [0.2, 0.25) is 15.1 Å². The van der Waals surface area contributed by atoms with Gasteiger partial charge in [-0.3, -0.25) is 9.59 Å². The number of hydrogen-bond donors (Lipinski definition) is 0. The van der Waals surface area contributed by atoms with E-state index >= 15 is 0 Å². The van der Waals surface area contributed by atoms with Gasteiger partial charge in [0.05, 0.1) is 20.6 Å². The van der Waals surface area contributed by atoms with Crippen molar-refractivity contribution in [3.05, 3.63) is 62.1 Å². The Kier molecular flexibility index (Phi) is 7.75. The molecule has 2 aromatic carbocycles. The van der Waals surface area contributed by atoms with Gasteiger partial charge in [-0.1, -0.05) is 47.8 Å². The molecule has 1 atom stereocenters. The summed E-state index contributed by atoms with van der Waals surface area (Å²) in [7, 11) is 0. The van der Waals surface area contributed by atoms with Crippen LogP contribution in [-0.2, 0) is 27.6 Å². The first kappa shape index (κ1) is 27.6. The van der Waals surface area contributed by atoms with Gasteiger partial charge >= 0.3 is 12.4 Å².